The first-order valence-corrected chi connectivity index (χ1v) is 9.40. The Labute approximate surface area is 172 Å². The standard InChI is InChI=1S/C20H23F2N5O3/c1-20(2,3)30-19(29)26-13-6-4-5-7-16(28)25-15-11-24-27(18(21)22)17(15)12-8-9-23-14(13)10-12/h4-5,8-11,13,18H,6-7H2,1-3H3,(H,25,28)(H,26,29)/b5-4+/t13-/m0/s1. The number of carbonyl (C=O) groups is 2. The number of alkyl carbamates (subject to hydrolysis) is 1. The molecule has 1 aliphatic heterocycles. The number of nitrogens with one attached hydrogen (secondary N) is 2. The van der Waals surface area contributed by atoms with E-state index in [1.807, 2.05) is 0 Å². The predicted molar refractivity (Wildman–Crippen MR) is 106 cm³/mol. The number of halogens is 2. The van der Waals surface area contributed by atoms with Crippen molar-refractivity contribution in [2.75, 3.05) is 5.32 Å². The van der Waals surface area contributed by atoms with Crippen molar-refractivity contribution >= 4 is 17.7 Å². The van der Waals surface area contributed by atoms with Crippen LogP contribution >= 0.6 is 0 Å². The molecule has 1 aliphatic rings. The molecular weight excluding hydrogens is 396 g/mol. The highest BCUT2D eigenvalue weighted by atomic mass is 19.3. The highest BCUT2D eigenvalue weighted by Crippen LogP contribution is 2.33. The first kappa shape index (κ1) is 21.4. The van der Waals surface area contributed by atoms with Crippen LogP contribution in [0, 0.1) is 0 Å². The lowest BCUT2D eigenvalue weighted by Gasteiger charge is -2.23. The minimum absolute atomic E-state index is 0.0415. The molecule has 0 fully saturated rings. The van der Waals surface area contributed by atoms with Gasteiger partial charge in [-0.1, -0.05) is 12.2 Å². The number of alkyl halides is 2. The lowest BCUT2D eigenvalue weighted by Crippen LogP contribution is -2.35. The summed E-state index contributed by atoms with van der Waals surface area (Å²) in [7, 11) is 0. The first-order chi connectivity index (χ1) is 14.1. The third kappa shape index (κ3) is 5.19. The van der Waals surface area contributed by atoms with E-state index in [1.54, 1.807) is 45.1 Å². The quantitative estimate of drug-likeness (QED) is 0.711. The molecule has 3 rings (SSSR count). The molecule has 160 valence electrons. The summed E-state index contributed by atoms with van der Waals surface area (Å²) in [6, 6.07) is 2.55. The summed E-state index contributed by atoms with van der Waals surface area (Å²) >= 11 is 0. The zero-order chi connectivity index (χ0) is 21.9. The molecule has 2 amide bonds. The van der Waals surface area contributed by atoms with Gasteiger partial charge in [0.1, 0.15) is 5.60 Å². The van der Waals surface area contributed by atoms with E-state index >= 15 is 0 Å². The number of fused-ring (bicyclic) bond motifs is 4. The van der Waals surface area contributed by atoms with Crippen LogP contribution in [-0.4, -0.2) is 32.4 Å². The summed E-state index contributed by atoms with van der Waals surface area (Å²) in [6.07, 6.45) is 5.78. The van der Waals surface area contributed by atoms with E-state index in [1.165, 1.54) is 12.4 Å². The van der Waals surface area contributed by atoms with Gasteiger partial charge in [-0.2, -0.15) is 13.9 Å². The number of hydrogen-bond acceptors (Lipinski definition) is 5. The van der Waals surface area contributed by atoms with Gasteiger partial charge in [0, 0.05) is 18.2 Å². The topological polar surface area (TPSA) is 98.1 Å². The molecule has 1 atom stereocenters. The van der Waals surface area contributed by atoms with E-state index < -0.39 is 24.3 Å². The minimum atomic E-state index is -2.90. The van der Waals surface area contributed by atoms with Crippen LogP contribution in [0.5, 0.6) is 0 Å². The largest absolute Gasteiger partial charge is 0.444 e. The van der Waals surface area contributed by atoms with Crippen molar-refractivity contribution in [3.63, 3.8) is 0 Å². The maximum Gasteiger partial charge on any atom is 0.408 e. The normalized spacial score (nSPS) is 17.9. The van der Waals surface area contributed by atoms with Crippen LogP contribution in [-0.2, 0) is 9.53 Å². The van der Waals surface area contributed by atoms with Gasteiger partial charge in [0.2, 0.25) is 5.91 Å². The Kier molecular flexibility index (Phi) is 6.14. The van der Waals surface area contributed by atoms with E-state index in [9.17, 15) is 18.4 Å². The molecule has 10 heteroatoms. The number of rotatable bonds is 2. The SMILES string of the molecule is CC(C)(C)OC(=O)N[C@H]1C/C=C/CC(=O)Nc2cnn(C(F)F)c2-c2ccnc1c2. The average molecular weight is 419 g/mol. The lowest BCUT2D eigenvalue weighted by atomic mass is 10.0. The fourth-order valence-corrected chi connectivity index (χ4v) is 3.00. The summed E-state index contributed by atoms with van der Waals surface area (Å²) in [4.78, 5) is 28.8. The highest BCUT2D eigenvalue weighted by Gasteiger charge is 2.24. The number of pyridine rings is 1. The van der Waals surface area contributed by atoms with Gasteiger partial charge < -0.3 is 15.4 Å². The third-order valence-electron chi connectivity index (χ3n) is 4.20. The second-order valence-electron chi connectivity index (χ2n) is 7.76. The second-order valence-corrected chi connectivity index (χ2v) is 7.76. The van der Waals surface area contributed by atoms with E-state index in [0.717, 1.165) is 0 Å². The van der Waals surface area contributed by atoms with Crippen molar-refractivity contribution in [2.24, 2.45) is 0 Å². The molecule has 0 saturated carbocycles. The predicted octanol–water partition coefficient (Wildman–Crippen LogP) is 4.19. The van der Waals surface area contributed by atoms with Gasteiger partial charge in [-0.05, 0) is 39.3 Å². The first-order valence-electron chi connectivity index (χ1n) is 9.40. The van der Waals surface area contributed by atoms with E-state index in [2.05, 4.69) is 20.7 Å². The smallest absolute Gasteiger partial charge is 0.408 e. The van der Waals surface area contributed by atoms with E-state index in [-0.39, 0.29) is 23.7 Å². The summed E-state index contributed by atoms with van der Waals surface area (Å²) in [6.45, 7) is 2.35. The second kappa shape index (κ2) is 8.60. The third-order valence-corrected chi connectivity index (χ3v) is 4.20. The Hall–Kier alpha value is -3.30. The summed E-state index contributed by atoms with van der Waals surface area (Å²) in [5.74, 6) is -0.368. The van der Waals surface area contributed by atoms with Gasteiger partial charge in [0.15, 0.2) is 0 Å². The molecule has 2 aromatic rings. The van der Waals surface area contributed by atoms with Crippen molar-refractivity contribution < 1.29 is 23.1 Å². The van der Waals surface area contributed by atoms with E-state index in [4.69, 9.17) is 4.74 Å². The molecule has 0 radical (unpaired) electrons. The molecule has 0 aromatic carbocycles. The molecular formula is C20H23F2N5O3. The van der Waals surface area contributed by atoms with Gasteiger partial charge in [-0.25, -0.2) is 9.48 Å². The molecule has 8 nitrogen and oxygen atoms in total. The minimum Gasteiger partial charge on any atom is -0.444 e. The lowest BCUT2D eigenvalue weighted by molar-refractivity contribution is -0.115. The molecule has 0 unspecified atom stereocenters. The van der Waals surface area contributed by atoms with Crippen molar-refractivity contribution in [2.45, 2.75) is 51.8 Å². The van der Waals surface area contributed by atoms with Crippen LogP contribution in [0.4, 0.5) is 19.3 Å². The van der Waals surface area contributed by atoms with Crippen molar-refractivity contribution in [1.82, 2.24) is 20.1 Å². The molecule has 2 bridgehead atoms. The van der Waals surface area contributed by atoms with Gasteiger partial charge in [-0.3, -0.25) is 9.78 Å². The van der Waals surface area contributed by atoms with Crippen molar-refractivity contribution in [3.05, 3.63) is 42.4 Å². The monoisotopic (exact) mass is 419 g/mol. The Bertz CT molecular complexity index is 966. The van der Waals surface area contributed by atoms with Gasteiger partial charge in [0.05, 0.1) is 29.3 Å². The molecule has 3 heterocycles. The van der Waals surface area contributed by atoms with Crippen LogP contribution in [0.3, 0.4) is 0 Å². The van der Waals surface area contributed by atoms with Gasteiger partial charge in [0.25, 0.3) is 0 Å². The van der Waals surface area contributed by atoms with Gasteiger partial charge in [-0.15, -0.1) is 0 Å². The number of hydrogen-bond donors (Lipinski definition) is 2. The fraction of sp³-hybridized carbons (Fsp3) is 0.400. The van der Waals surface area contributed by atoms with Crippen molar-refractivity contribution in [1.29, 1.82) is 0 Å². The van der Waals surface area contributed by atoms with Crippen LogP contribution < -0.4 is 10.6 Å². The number of carbonyl (C=O) groups excluding carboxylic acids is 2. The van der Waals surface area contributed by atoms with Crippen LogP contribution in [0.1, 0.15) is 51.9 Å². The molecule has 0 aliphatic carbocycles. The van der Waals surface area contributed by atoms with Crippen LogP contribution in [0.25, 0.3) is 11.3 Å². The molecule has 0 saturated heterocycles. The Morgan fingerprint density at radius 3 is 2.83 bits per heavy atom. The highest BCUT2D eigenvalue weighted by molar-refractivity contribution is 5.95. The Balaban J connectivity index is 2.03. The maximum absolute atomic E-state index is 13.5. The molecule has 2 aromatic heterocycles. The Morgan fingerprint density at radius 1 is 1.37 bits per heavy atom. The number of nitrogens with zero attached hydrogens (tertiary/aromatic N) is 3. The number of anilines is 1. The summed E-state index contributed by atoms with van der Waals surface area (Å²) in [5.41, 5.74) is 0.388. The molecule has 2 N–H and O–H groups in total. The number of amides is 2. The summed E-state index contributed by atoms with van der Waals surface area (Å²) in [5, 5.41) is 9.08. The van der Waals surface area contributed by atoms with Crippen LogP contribution in [0.15, 0.2) is 36.7 Å². The number of ether oxygens (including phenoxy) is 1. The van der Waals surface area contributed by atoms with Gasteiger partial charge >= 0.3 is 12.6 Å². The zero-order valence-corrected chi connectivity index (χ0v) is 16.9. The average Bonchev–Trinajstić information content (AvgIpc) is 3.06. The molecule has 0 spiro atoms. The zero-order valence-electron chi connectivity index (χ0n) is 16.9. The van der Waals surface area contributed by atoms with E-state index in [0.29, 0.717) is 22.4 Å². The van der Waals surface area contributed by atoms with Crippen LogP contribution in [0.2, 0.25) is 0 Å². The van der Waals surface area contributed by atoms with Crippen molar-refractivity contribution in [3.8, 4) is 11.3 Å². The fourth-order valence-electron chi connectivity index (χ4n) is 3.00. The number of aromatic nitrogens is 3. The Morgan fingerprint density at radius 2 is 2.13 bits per heavy atom. The maximum atomic E-state index is 13.5. The summed E-state index contributed by atoms with van der Waals surface area (Å²) < 4.78 is 32.8. The molecule has 30 heavy (non-hydrogen) atoms.